The molecule has 0 radical (unpaired) electrons. The van der Waals surface area contributed by atoms with Crippen molar-refractivity contribution in [2.75, 3.05) is 7.11 Å². The Morgan fingerprint density at radius 2 is 2.19 bits per heavy atom. The van der Waals surface area contributed by atoms with Crippen molar-refractivity contribution in [1.29, 1.82) is 0 Å². The number of aliphatic carboxylic acids is 1. The molecule has 0 aromatic heterocycles. The number of hydrogen-bond donors (Lipinski definition) is 1. The number of para-hydroxylation sites is 1. The van der Waals surface area contributed by atoms with Crippen molar-refractivity contribution >= 4 is 17.6 Å². The van der Waals surface area contributed by atoms with Gasteiger partial charge in [-0.3, -0.25) is 4.79 Å². The molecule has 0 saturated carbocycles. The first-order valence-electron chi connectivity index (χ1n) is 5.14. The van der Waals surface area contributed by atoms with Gasteiger partial charge in [0, 0.05) is 12.0 Å². The maximum Gasteiger partial charge on any atom is 0.303 e. The molecule has 1 aromatic carbocycles. The van der Waals surface area contributed by atoms with Gasteiger partial charge in [0.25, 0.3) is 0 Å². The van der Waals surface area contributed by atoms with E-state index in [9.17, 15) is 4.79 Å². The van der Waals surface area contributed by atoms with Gasteiger partial charge >= 0.3 is 5.97 Å². The van der Waals surface area contributed by atoms with Gasteiger partial charge in [0.15, 0.2) is 0 Å². The molecule has 16 heavy (non-hydrogen) atoms. The van der Waals surface area contributed by atoms with Crippen LogP contribution < -0.4 is 4.74 Å². The summed E-state index contributed by atoms with van der Waals surface area (Å²) in [4.78, 5) is 10.4. The smallest absolute Gasteiger partial charge is 0.303 e. The highest BCUT2D eigenvalue weighted by atomic mass is 35.5. The summed E-state index contributed by atoms with van der Waals surface area (Å²) in [5.41, 5.74) is 0.914. The van der Waals surface area contributed by atoms with E-state index in [0.717, 1.165) is 11.3 Å². The molecule has 0 bridgehead atoms. The highest BCUT2D eigenvalue weighted by molar-refractivity contribution is 6.21. The summed E-state index contributed by atoms with van der Waals surface area (Å²) in [7, 11) is 1.60. The van der Waals surface area contributed by atoms with E-state index in [2.05, 4.69) is 0 Å². The molecule has 0 aliphatic rings. The van der Waals surface area contributed by atoms with Gasteiger partial charge in [-0.05, 0) is 18.9 Å². The Labute approximate surface area is 100.0 Å². The third kappa shape index (κ3) is 3.74. The van der Waals surface area contributed by atoms with Crippen molar-refractivity contribution < 1.29 is 14.6 Å². The molecule has 1 unspecified atom stereocenters. The maximum atomic E-state index is 10.4. The number of carboxylic acid groups (broad SMARTS) is 1. The molecule has 0 amide bonds. The van der Waals surface area contributed by atoms with Crippen molar-refractivity contribution in [2.45, 2.75) is 24.6 Å². The van der Waals surface area contributed by atoms with E-state index in [4.69, 9.17) is 21.4 Å². The van der Waals surface area contributed by atoms with Crippen LogP contribution in [0, 0.1) is 0 Å². The number of halogens is 1. The van der Waals surface area contributed by atoms with Gasteiger partial charge in [0.1, 0.15) is 5.75 Å². The van der Waals surface area contributed by atoms with Crippen LogP contribution in [0.25, 0.3) is 0 Å². The third-order valence-electron chi connectivity index (χ3n) is 2.32. The van der Waals surface area contributed by atoms with E-state index >= 15 is 0 Å². The van der Waals surface area contributed by atoms with Crippen LogP contribution in [0.1, 0.15) is 30.2 Å². The second kappa shape index (κ2) is 6.38. The number of carboxylic acids is 1. The van der Waals surface area contributed by atoms with E-state index in [0.29, 0.717) is 12.8 Å². The zero-order valence-corrected chi connectivity index (χ0v) is 9.91. The maximum absolute atomic E-state index is 10.4. The van der Waals surface area contributed by atoms with Gasteiger partial charge in [0.05, 0.1) is 12.5 Å². The lowest BCUT2D eigenvalue weighted by Gasteiger charge is -2.13. The van der Waals surface area contributed by atoms with Crippen molar-refractivity contribution in [3.8, 4) is 5.75 Å². The molecule has 0 saturated heterocycles. The van der Waals surface area contributed by atoms with E-state index in [1.807, 2.05) is 24.3 Å². The monoisotopic (exact) mass is 242 g/mol. The quantitative estimate of drug-likeness (QED) is 0.779. The molecule has 3 nitrogen and oxygen atoms in total. The Bertz CT molecular complexity index is 352. The van der Waals surface area contributed by atoms with E-state index in [1.165, 1.54) is 0 Å². The third-order valence-corrected chi connectivity index (χ3v) is 2.78. The Hall–Kier alpha value is -1.22. The van der Waals surface area contributed by atoms with Crippen molar-refractivity contribution in [3.05, 3.63) is 29.8 Å². The van der Waals surface area contributed by atoms with Gasteiger partial charge in [-0.2, -0.15) is 0 Å². The SMILES string of the molecule is COc1ccccc1C(Cl)CCCC(=O)O. The normalized spacial score (nSPS) is 12.1. The topological polar surface area (TPSA) is 46.5 Å². The number of carbonyl (C=O) groups is 1. The number of rotatable bonds is 6. The highest BCUT2D eigenvalue weighted by Crippen LogP contribution is 2.32. The second-order valence-electron chi connectivity index (χ2n) is 3.50. The van der Waals surface area contributed by atoms with Crippen LogP contribution in [-0.2, 0) is 4.79 Å². The Balaban J connectivity index is 2.58. The summed E-state index contributed by atoms with van der Waals surface area (Å²) in [6.07, 6.45) is 1.36. The summed E-state index contributed by atoms with van der Waals surface area (Å²) < 4.78 is 5.19. The Morgan fingerprint density at radius 3 is 2.81 bits per heavy atom. The lowest BCUT2D eigenvalue weighted by Crippen LogP contribution is -1.98. The zero-order valence-electron chi connectivity index (χ0n) is 9.15. The molecule has 1 rings (SSSR count). The van der Waals surface area contributed by atoms with Gasteiger partial charge in [-0.15, -0.1) is 11.6 Å². The number of ether oxygens (including phenoxy) is 1. The van der Waals surface area contributed by atoms with Crippen molar-refractivity contribution in [3.63, 3.8) is 0 Å². The molecular formula is C12H15ClO3. The molecular weight excluding hydrogens is 228 g/mol. The van der Waals surface area contributed by atoms with Gasteiger partial charge < -0.3 is 9.84 Å². The molecule has 88 valence electrons. The largest absolute Gasteiger partial charge is 0.496 e. The molecule has 0 aliphatic carbocycles. The first-order chi connectivity index (χ1) is 7.65. The van der Waals surface area contributed by atoms with Crippen LogP contribution in [0.2, 0.25) is 0 Å². The Morgan fingerprint density at radius 1 is 1.50 bits per heavy atom. The average molecular weight is 243 g/mol. The molecule has 1 atom stereocenters. The van der Waals surface area contributed by atoms with Gasteiger partial charge in [0.2, 0.25) is 0 Å². The molecule has 0 fully saturated rings. The molecule has 0 heterocycles. The first kappa shape index (κ1) is 12.8. The van der Waals surface area contributed by atoms with E-state index in [-0.39, 0.29) is 11.8 Å². The standard InChI is InChI=1S/C12H15ClO3/c1-16-11-7-3-2-5-9(11)10(13)6-4-8-12(14)15/h2-3,5,7,10H,4,6,8H2,1H3,(H,14,15). The first-order valence-corrected chi connectivity index (χ1v) is 5.57. The van der Waals surface area contributed by atoms with Crippen LogP contribution in [0.3, 0.4) is 0 Å². The molecule has 0 spiro atoms. The Kier molecular flexibility index (Phi) is 5.12. The summed E-state index contributed by atoms with van der Waals surface area (Å²) >= 11 is 6.20. The van der Waals surface area contributed by atoms with E-state index < -0.39 is 5.97 Å². The lowest BCUT2D eigenvalue weighted by atomic mass is 10.1. The zero-order chi connectivity index (χ0) is 12.0. The van der Waals surface area contributed by atoms with Crippen LogP contribution >= 0.6 is 11.6 Å². The molecule has 4 heteroatoms. The molecule has 1 N–H and O–H groups in total. The van der Waals surface area contributed by atoms with E-state index in [1.54, 1.807) is 7.11 Å². The summed E-state index contributed by atoms with van der Waals surface area (Å²) in [6.45, 7) is 0. The summed E-state index contributed by atoms with van der Waals surface area (Å²) in [6, 6.07) is 7.52. The minimum absolute atomic E-state index is 0.151. The van der Waals surface area contributed by atoms with Crippen LogP contribution in [0.4, 0.5) is 0 Å². The van der Waals surface area contributed by atoms with Crippen LogP contribution in [0.5, 0.6) is 5.75 Å². The number of hydrogen-bond acceptors (Lipinski definition) is 2. The predicted octanol–water partition coefficient (Wildman–Crippen LogP) is 3.23. The summed E-state index contributed by atoms with van der Waals surface area (Å²) in [5.74, 6) is -0.0401. The highest BCUT2D eigenvalue weighted by Gasteiger charge is 2.13. The van der Waals surface area contributed by atoms with Gasteiger partial charge in [-0.25, -0.2) is 0 Å². The molecule has 1 aromatic rings. The lowest BCUT2D eigenvalue weighted by molar-refractivity contribution is -0.137. The average Bonchev–Trinajstić information content (AvgIpc) is 2.28. The summed E-state index contributed by atoms with van der Waals surface area (Å²) in [5, 5.41) is 8.33. The number of benzene rings is 1. The van der Waals surface area contributed by atoms with Crippen LogP contribution in [-0.4, -0.2) is 18.2 Å². The second-order valence-corrected chi connectivity index (χ2v) is 4.02. The fourth-order valence-corrected chi connectivity index (χ4v) is 1.85. The molecule has 0 aliphatic heterocycles. The van der Waals surface area contributed by atoms with Crippen molar-refractivity contribution in [1.82, 2.24) is 0 Å². The van der Waals surface area contributed by atoms with Gasteiger partial charge in [-0.1, -0.05) is 18.2 Å². The minimum Gasteiger partial charge on any atom is -0.496 e. The minimum atomic E-state index is -0.788. The fourth-order valence-electron chi connectivity index (χ4n) is 1.51. The number of alkyl halides is 1. The number of methoxy groups -OCH3 is 1. The van der Waals surface area contributed by atoms with Crippen molar-refractivity contribution in [2.24, 2.45) is 0 Å². The van der Waals surface area contributed by atoms with Crippen LogP contribution in [0.15, 0.2) is 24.3 Å². The fraction of sp³-hybridized carbons (Fsp3) is 0.417. The predicted molar refractivity (Wildman–Crippen MR) is 63.1 cm³/mol.